The number of hydrogen-bond acceptors (Lipinski definition) is 6. The highest BCUT2D eigenvalue weighted by atomic mass is 16.6. The first-order valence-corrected chi connectivity index (χ1v) is 6.53. The SMILES string of the molecule is Cc1cn(C2OC(C)(CO)C(C)(O)C2(C)O)c(=O)[nH]c1=O. The molecule has 0 bridgehead atoms. The Kier molecular flexibility index (Phi) is 3.41. The van der Waals surface area contributed by atoms with Gasteiger partial charge in [-0.15, -0.1) is 0 Å². The van der Waals surface area contributed by atoms with Crippen LogP contribution in [-0.4, -0.2) is 48.3 Å². The van der Waals surface area contributed by atoms with E-state index in [1.54, 1.807) is 0 Å². The van der Waals surface area contributed by atoms with Crippen LogP contribution < -0.4 is 11.2 Å². The third-order valence-corrected chi connectivity index (χ3v) is 4.57. The van der Waals surface area contributed by atoms with Crippen LogP contribution in [0.3, 0.4) is 0 Å². The molecule has 0 radical (unpaired) electrons. The first kappa shape index (κ1) is 15.9. The molecule has 2 rings (SSSR count). The average molecular weight is 300 g/mol. The van der Waals surface area contributed by atoms with Gasteiger partial charge < -0.3 is 20.1 Å². The number of aryl methyl sites for hydroxylation is 1. The molecule has 1 saturated heterocycles. The van der Waals surface area contributed by atoms with E-state index in [0.29, 0.717) is 0 Å². The zero-order valence-corrected chi connectivity index (χ0v) is 12.4. The lowest BCUT2D eigenvalue weighted by molar-refractivity contribution is -0.162. The van der Waals surface area contributed by atoms with E-state index in [0.717, 1.165) is 4.57 Å². The molecule has 0 aromatic carbocycles. The Hall–Kier alpha value is -1.48. The average Bonchev–Trinajstić information content (AvgIpc) is 2.52. The Morgan fingerprint density at radius 3 is 2.38 bits per heavy atom. The van der Waals surface area contributed by atoms with Crippen LogP contribution in [0.5, 0.6) is 0 Å². The first-order valence-electron chi connectivity index (χ1n) is 6.53. The molecule has 1 aromatic heterocycles. The smallest absolute Gasteiger partial charge is 0.330 e. The number of nitrogens with zero attached hydrogens (tertiary/aromatic N) is 1. The highest BCUT2D eigenvalue weighted by Crippen LogP contribution is 2.50. The van der Waals surface area contributed by atoms with Crippen molar-refractivity contribution in [3.63, 3.8) is 0 Å². The molecule has 1 fully saturated rings. The van der Waals surface area contributed by atoms with E-state index in [9.17, 15) is 24.9 Å². The number of aliphatic hydroxyl groups is 3. The molecule has 1 aliphatic heterocycles. The number of aliphatic hydroxyl groups excluding tert-OH is 1. The van der Waals surface area contributed by atoms with Crippen LogP contribution in [0, 0.1) is 6.92 Å². The number of nitrogens with one attached hydrogen (secondary N) is 1. The van der Waals surface area contributed by atoms with E-state index in [4.69, 9.17) is 4.74 Å². The molecule has 4 atom stereocenters. The van der Waals surface area contributed by atoms with Gasteiger partial charge in [-0.05, 0) is 27.7 Å². The maximum atomic E-state index is 11.9. The number of hydrogen-bond donors (Lipinski definition) is 4. The molecule has 1 aromatic rings. The lowest BCUT2D eigenvalue weighted by Crippen LogP contribution is -2.60. The molecule has 0 spiro atoms. The van der Waals surface area contributed by atoms with E-state index < -0.39 is 40.9 Å². The van der Waals surface area contributed by atoms with Gasteiger partial charge in [0.25, 0.3) is 5.56 Å². The van der Waals surface area contributed by atoms with Gasteiger partial charge in [-0.3, -0.25) is 14.3 Å². The molecule has 4 N–H and O–H groups in total. The van der Waals surface area contributed by atoms with Crippen molar-refractivity contribution in [2.24, 2.45) is 0 Å². The van der Waals surface area contributed by atoms with Crippen molar-refractivity contribution in [1.29, 1.82) is 0 Å². The minimum absolute atomic E-state index is 0.256. The number of ether oxygens (including phenoxy) is 1. The van der Waals surface area contributed by atoms with Crippen LogP contribution in [0.4, 0.5) is 0 Å². The van der Waals surface area contributed by atoms with Crippen LogP contribution in [0.1, 0.15) is 32.6 Å². The minimum atomic E-state index is -1.86. The summed E-state index contributed by atoms with van der Waals surface area (Å²) in [6.07, 6.45) is -0.00726. The molecule has 2 heterocycles. The topological polar surface area (TPSA) is 125 Å². The summed E-state index contributed by atoms with van der Waals surface area (Å²) in [6.45, 7) is 5.02. The van der Waals surface area contributed by atoms with Crippen molar-refractivity contribution in [2.75, 3.05) is 6.61 Å². The van der Waals surface area contributed by atoms with Gasteiger partial charge in [0.2, 0.25) is 0 Å². The van der Waals surface area contributed by atoms with Crippen LogP contribution in [0.2, 0.25) is 0 Å². The standard InChI is InChI=1S/C13H20N2O6/c1-7-5-15(10(18)14-8(7)17)9-12(3,19)13(4,20)11(2,6-16)21-9/h5,9,16,19-20H,6H2,1-4H3,(H,14,17,18). The summed E-state index contributed by atoms with van der Waals surface area (Å²) in [5, 5.41) is 30.7. The molecule has 8 nitrogen and oxygen atoms in total. The number of H-pyrrole nitrogens is 1. The highest BCUT2D eigenvalue weighted by molar-refractivity contribution is 5.15. The Bertz CT molecular complexity index is 674. The van der Waals surface area contributed by atoms with Gasteiger partial charge in [-0.1, -0.05) is 0 Å². The monoisotopic (exact) mass is 300 g/mol. The molecule has 0 amide bonds. The molecule has 0 aliphatic carbocycles. The van der Waals surface area contributed by atoms with Gasteiger partial charge in [0.1, 0.15) is 16.8 Å². The fourth-order valence-corrected chi connectivity index (χ4v) is 2.53. The van der Waals surface area contributed by atoms with Crippen molar-refractivity contribution >= 4 is 0 Å². The maximum absolute atomic E-state index is 11.9. The van der Waals surface area contributed by atoms with Gasteiger partial charge >= 0.3 is 5.69 Å². The van der Waals surface area contributed by atoms with Gasteiger partial charge in [0.15, 0.2) is 6.23 Å². The van der Waals surface area contributed by atoms with Gasteiger partial charge in [0, 0.05) is 11.8 Å². The van der Waals surface area contributed by atoms with E-state index in [2.05, 4.69) is 4.98 Å². The molecule has 4 unspecified atom stereocenters. The Balaban J connectivity index is 2.64. The summed E-state index contributed by atoms with van der Waals surface area (Å²) in [4.78, 5) is 25.5. The predicted molar refractivity (Wildman–Crippen MR) is 72.9 cm³/mol. The number of aromatic nitrogens is 2. The summed E-state index contributed by atoms with van der Waals surface area (Å²) in [6, 6.07) is 0. The molecular formula is C13H20N2O6. The summed E-state index contributed by atoms with van der Waals surface area (Å²) in [5.74, 6) is 0. The van der Waals surface area contributed by atoms with Crippen molar-refractivity contribution in [3.05, 3.63) is 32.6 Å². The molecular weight excluding hydrogens is 280 g/mol. The number of rotatable bonds is 2. The van der Waals surface area contributed by atoms with Gasteiger partial charge in [0.05, 0.1) is 6.61 Å². The summed E-state index contributed by atoms with van der Waals surface area (Å²) in [5.41, 5.74) is -6.20. The van der Waals surface area contributed by atoms with E-state index in [1.165, 1.54) is 33.9 Å². The lowest BCUT2D eigenvalue weighted by atomic mass is 9.76. The fourth-order valence-electron chi connectivity index (χ4n) is 2.53. The third kappa shape index (κ3) is 1.98. The third-order valence-electron chi connectivity index (χ3n) is 4.57. The van der Waals surface area contributed by atoms with E-state index >= 15 is 0 Å². The molecule has 8 heteroatoms. The van der Waals surface area contributed by atoms with E-state index in [1.807, 2.05) is 0 Å². The molecule has 1 aliphatic rings. The number of aromatic amines is 1. The fraction of sp³-hybridized carbons (Fsp3) is 0.692. The van der Waals surface area contributed by atoms with Crippen molar-refractivity contribution in [2.45, 2.75) is 50.7 Å². The van der Waals surface area contributed by atoms with Gasteiger partial charge in [-0.2, -0.15) is 0 Å². The first-order chi connectivity index (χ1) is 9.48. The molecule has 118 valence electrons. The summed E-state index contributed by atoms with van der Waals surface area (Å²) in [7, 11) is 0. The summed E-state index contributed by atoms with van der Waals surface area (Å²) < 4.78 is 6.59. The van der Waals surface area contributed by atoms with Crippen LogP contribution in [0.15, 0.2) is 15.8 Å². The maximum Gasteiger partial charge on any atom is 0.330 e. The van der Waals surface area contributed by atoms with Crippen LogP contribution >= 0.6 is 0 Å². The second-order valence-corrected chi connectivity index (χ2v) is 6.06. The second kappa shape index (κ2) is 4.51. The van der Waals surface area contributed by atoms with Crippen molar-refractivity contribution in [3.8, 4) is 0 Å². The zero-order chi connectivity index (χ0) is 16.2. The second-order valence-electron chi connectivity index (χ2n) is 6.06. The quantitative estimate of drug-likeness (QED) is 0.534. The van der Waals surface area contributed by atoms with Gasteiger partial charge in [-0.25, -0.2) is 4.79 Å². The summed E-state index contributed by atoms with van der Waals surface area (Å²) >= 11 is 0. The molecule has 21 heavy (non-hydrogen) atoms. The Morgan fingerprint density at radius 2 is 1.90 bits per heavy atom. The van der Waals surface area contributed by atoms with Crippen molar-refractivity contribution < 1.29 is 20.1 Å². The zero-order valence-electron chi connectivity index (χ0n) is 12.4. The largest absolute Gasteiger partial charge is 0.393 e. The van der Waals surface area contributed by atoms with Crippen molar-refractivity contribution in [1.82, 2.24) is 9.55 Å². The van der Waals surface area contributed by atoms with Crippen LogP contribution in [-0.2, 0) is 4.74 Å². The predicted octanol–water partition coefficient (Wildman–Crippen LogP) is -1.37. The minimum Gasteiger partial charge on any atom is -0.393 e. The Morgan fingerprint density at radius 1 is 1.33 bits per heavy atom. The Labute approximate surface area is 120 Å². The van der Waals surface area contributed by atoms with E-state index in [-0.39, 0.29) is 5.56 Å². The van der Waals surface area contributed by atoms with Crippen LogP contribution in [0.25, 0.3) is 0 Å². The molecule has 0 saturated carbocycles. The highest BCUT2D eigenvalue weighted by Gasteiger charge is 2.67. The normalized spacial score (nSPS) is 39.7. The lowest BCUT2D eigenvalue weighted by Gasteiger charge is -2.39.